The third-order valence-corrected chi connectivity index (χ3v) is 6.47. The first-order chi connectivity index (χ1) is 13.5. The van der Waals surface area contributed by atoms with Gasteiger partial charge in [-0.25, -0.2) is 4.98 Å². The topological polar surface area (TPSA) is 45.7 Å². The van der Waals surface area contributed by atoms with Crippen molar-refractivity contribution >= 4 is 32.6 Å². The normalized spacial score (nSPS) is 14.5. The van der Waals surface area contributed by atoms with Gasteiger partial charge in [-0.2, -0.15) is 0 Å². The maximum absolute atomic E-state index is 12.5. The molecular weight excluding hydrogens is 370 g/mol. The third-order valence-electron chi connectivity index (χ3n) is 5.22. The number of aryl methyl sites for hydroxylation is 3. The summed E-state index contributed by atoms with van der Waals surface area (Å²) in [6.07, 6.45) is 0. The number of rotatable bonds is 4. The van der Waals surface area contributed by atoms with E-state index in [1.807, 2.05) is 36.1 Å². The molecule has 0 bridgehead atoms. The molecule has 1 aliphatic heterocycles. The number of thiazole rings is 1. The molecule has 1 saturated heterocycles. The Morgan fingerprint density at radius 1 is 1.00 bits per heavy atom. The first-order valence-corrected chi connectivity index (χ1v) is 10.4. The molecule has 1 aromatic heterocycles. The van der Waals surface area contributed by atoms with Gasteiger partial charge in [0.2, 0.25) is 0 Å². The van der Waals surface area contributed by atoms with Crippen LogP contribution in [0.25, 0.3) is 10.2 Å². The standard InChI is InChI=1S/C22H25N3O2S/c1-15-4-8-18(9-5-15)27-14-19(26)24-10-12-25(13-11-24)22-23-20-16(2)6-7-17(3)21(20)28-22/h4-9H,10-14H2,1-3H3. The quantitative estimate of drug-likeness (QED) is 0.671. The van der Waals surface area contributed by atoms with E-state index < -0.39 is 0 Å². The van der Waals surface area contributed by atoms with E-state index in [4.69, 9.17) is 9.72 Å². The van der Waals surface area contributed by atoms with Crippen LogP contribution in [-0.2, 0) is 4.79 Å². The van der Waals surface area contributed by atoms with E-state index in [-0.39, 0.29) is 12.5 Å². The van der Waals surface area contributed by atoms with Crippen LogP contribution in [0.4, 0.5) is 5.13 Å². The second-order valence-electron chi connectivity index (χ2n) is 7.34. The second kappa shape index (κ2) is 7.80. The molecule has 1 amide bonds. The van der Waals surface area contributed by atoms with Crippen LogP contribution < -0.4 is 9.64 Å². The minimum absolute atomic E-state index is 0.0382. The third kappa shape index (κ3) is 3.83. The number of fused-ring (bicyclic) bond motifs is 1. The van der Waals surface area contributed by atoms with E-state index >= 15 is 0 Å². The molecule has 0 unspecified atom stereocenters. The lowest BCUT2D eigenvalue weighted by molar-refractivity contribution is -0.133. The zero-order valence-electron chi connectivity index (χ0n) is 16.6. The van der Waals surface area contributed by atoms with Crippen LogP contribution in [0.1, 0.15) is 16.7 Å². The van der Waals surface area contributed by atoms with Gasteiger partial charge in [-0.1, -0.05) is 41.2 Å². The highest BCUT2D eigenvalue weighted by Gasteiger charge is 2.23. The van der Waals surface area contributed by atoms with Gasteiger partial charge in [0.1, 0.15) is 5.75 Å². The molecular formula is C22H25N3O2S. The number of amides is 1. The molecule has 1 fully saturated rings. The van der Waals surface area contributed by atoms with Gasteiger partial charge >= 0.3 is 0 Å². The lowest BCUT2D eigenvalue weighted by Crippen LogP contribution is -2.50. The first kappa shape index (κ1) is 18.7. The van der Waals surface area contributed by atoms with Crippen LogP contribution in [0.15, 0.2) is 36.4 Å². The highest BCUT2D eigenvalue weighted by molar-refractivity contribution is 7.22. The summed E-state index contributed by atoms with van der Waals surface area (Å²) < 4.78 is 6.90. The van der Waals surface area contributed by atoms with Crippen molar-refractivity contribution in [3.63, 3.8) is 0 Å². The van der Waals surface area contributed by atoms with Gasteiger partial charge in [0.15, 0.2) is 11.7 Å². The molecule has 146 valence electrons. The van der Waals surface area contributed by atoms with Gasteiger partial charge in [0, 0.05) is 26.2 Å². The lowest BCUT2D eigenvalue weighted by atomic mass is 10.1. The number of hydrogen-bond donors (Lipinski definition) is 0. The Morgan fingerprint density at radius 2 is 1.68 bits per heavy atom. The van der Waals surface area contributed by atoms with Crippen molar-refractivity contribution in [2.24, 2.45) is 0 Å². The fourth-order valence-electron chi connectivity index (χ4n) is 3.40. The van der Waals surface area contributed by atoms with Gasteiger partial charge in [-0.05, 0) is 44.0 Å². The van der Waals surface area contributed by atoms with E-state index in [2.05, 4.69) is 30.9 Å². The maximum Gasteiger partial charge on any atom is 0.260 e. The molecule has 0 N–H and O–H groups in total. The Hall–Kier alpha value is -2.60. The van der Waals surface area contributed by atoms with E-state index in [0.29, 0.717) is 13.1 Å². The summed E-state index contributed by atoms with van der Waals surface area (Å²) in [5, 5.41) is 1.05. The van der Waals surface area contributed by atoms with Crippen molar-refractivity contribution in [1.82, 2.24) is 9.88 Å². The van der Waals surface area contributed by atoms with Gasteiger partial charge in [-0.3, -0.25) is 4.79 Å². The van der Waals surface area contributed by atoms with Gasteiger partial charge in [0.25, 0.3) is 5.91 Å². The number of aromatic nitrogens is 1. The summed E-state index contributed by atoms with van der Waals surface area (Å²) in [5.41, 5.74) is 4.76. The molecule has 5 nitrogen and oxygen atoms in total. The minimum Gasteiger partial charge on any atom is -0.484 e. The average Bonchev–Trinajstić information content (AvgIpc) is 3.17. The van der Waals surface area contributed by atoms with Crippen LogP contribution in [0, 0.1) is 20.8 Å². The number of nitrogens with zero attached hydrogens (tertiary/aromatic N) is 3. The van der Waals surface area contributed by atoms with Crippen LogP contribution in [0.2, 0.25) is 0 Å². The molecule has 0 atom stereocenters. The molecule has 0 radical (unpaired) electrons. The monoisotopic (exact) mass is 395 g/mol. The predicted molar refractivity (Wildman–Crippen MR) is 115 cm³/mol. The lowest BCUT2D eigenvalue weighted by Gasteiger charge is -2.34. The molecule has 2 aromatic carbocycles. The van der Waals surface area contributed by atoms with Gasteiger partial charge in [0.05, 0.1) is 10.2 Å². The zero-order valence-corrected chi connectivity index (χ0v) is 17.4. The summed E-state index contributed by atoms with van der Waals surface area (Å²) in [5.74, 6) is 0.772. The van der Waals surface area contributed by atoms with E-state index in [1.54, 1.807) is 11.3 Å². The summed E-state index contributed by atoms with van der Waals surface area (Å²) >= 11 is 1.75. The number of piperazine rings is 1. The number of hydrogen-bond acceptors (Lipinski definition) is 5. The summed E-state index contributed by atoms with van der Waals surface area (Å²) in [6.45, 7) is 9.35. The number of ether oxygens (including phenoxy) is 1. The van der Waals surface area contributed by atoms with Crippen molar-refractivity contribution < 1.29 is 9.53 Å². The SMILES string of the molecule is Cc1ccc(OCC(=O)N2CCN(c3nc4c(C)ccc(C)c4s3)CC2)cc1. The van der Waals surface area contributed by atoms with E-state index in [9.17, 15) is 4.79 Å². The summed E-state index contributed by atoms with van der Waals surface area (Å²) in [6, 6.07) is 12.1. The molecule has 28 heavy (non-hydrogen) atoms. The summed E-state index contributed by atoms with van der Waals surface area (Å²) in [7, 11) is 0. The molecule has 6 heteroatoms. The van der Waals surface area contributed by atoms with Crippen LogP contribution >= 0.6 is 11.3 Å². The average molecular weight is 396 g/mol. The summed E-state index contributed by atoms with van der Waals surface area (Å²) in [4.78, 5) is 21.5. The number of benzene rings is 2. The molecule has 3 aromatic rings. The minimum atomic E-state index is 0.0382. The molecule has 2 heterocycles. The van der Waals surface area contributed by atoms with Crippen molar-refractivity contribution in [2.45, 2.75) is 20.8 Å². The maximum atomic E-state index is 12.5. The van der Waals surface area contributed by atoms with Crippen molar-refractivity contribution in [1.29, 1.82) is 0 Å². The molecule has 1 aliphatic rings. The van der Waals surface area contributed by atoms with Crippen molar-refractivity contribution in [3.05, 3.63) is 53.1 Å². The smallest absolute Gasteiger partial charge is 0.260 e. The van der Waals surface area contributed by atoms with Crippen molar-refractivity contribution in [3.8, 4) is 5.75 Å². The Balaban J connectivity index is 1.35. The van der Waals surface area contributed by atoms with Crippen LogP contribution in [0.5, 0.6) is 5.75 Å². The highest BCUT2D eigenvalue weighted by atomic mass is 32.1. The largest absolute Gasteiger partial charge is 0.484 e. The van der Waals surface area contributed by atoms with E-state index in [0.717, 1.165) is 29.5 Å². The molecule has 0 aliphatic carbocycles. The van der Waals surface area contributed by atoms with Crippen molar-refractivity contribution in [2.75, 3.05) is 37.7 Å². The number of anilines is 1. The fourth-order valence-corrected chi connectivity index (χ4v) is 4.56. The van der Waals surface area contributed by atoms with E-state index in [1.165, 1.54) is 21.4 Å². The van der Waals surface area contributed by atoms with Crippen LogP contribution in [-0.4, -0.2) is 48.6 Å². The first-order valence-electron chi connectivity index (χ1n) is 9.60. The van der Waals surface area contributed by atoms with Gasteiger partial charge < -0.3 is 14.5 Å². The highest BCUT2D eigenvalue weighted by Crippen LogP contribution is 2.33. The Bertz CT molecular complexity index is 950. The van der Waals surface area contributed by atoms with Crippen LogP contribution in [0.3, 0.4) is 0 Å². The molecule has 0 spiro atoms. The number of carbonyl (C=O) groups excluding carboxylic acids is 1. The predicted octanol–water partition coefficient (Wildman–Crippen LogP) is 3.95. The Labute approximate surface area is 169 Å². The Morgan fingerprint density at radius 3 is 2.36 bits per heavy atom. The molecule has 4 rings (SSSR count). The molecule has 0 saturated carbocycles. The van der Waals surface area contributed by atoms with Gasteiger partial charge in [-0.15, -0.1) is 0 Å². The zero-order chi connectivity index (χ0) is 19.7. The second-order valence-corrected chi connectivity index (χ2v) is 8.32. The Kier molecular flexibility index (Phi) is 5.22. The number of carbonyl (C=O) groups is 1. The fraction of sp³-hybridized carbons (Fsp3) is 0.364.